The predicted octanol–water partition coefficient (Wildman–Crippen LogP) is 4.29. The summed E-state index contributed by atoms with van der Waals surface area (Å²) in [6, 6.07) is 13.5. The standard InChI is InChI=1S/C25H29ClN2O4/c1-16(2)22(27-23(29)19-5-4-6-20(15-19)25(31)32-3)24(30)28-13-11-18(12-14-28)17-7-9-21(26)10-8-17/h4-10,15-16,18,22H,11-14H2,1-3H3,(H,27,29)/t22-/m1/s1. The SMILES string of the molecule is COC(=O)c1cccc(C(=O)N[C@@H](C(=O)N2CCC(c3ccc(Cl)cc3)CC2)C(C)C)c1. The lowest BCUT2D eigenvalue weighted by Gasteiger charge is -2.35. The number of carbonyl (C=O) groups is 3. The van der Waals surface area contributed by atoms with Gasteiger partial charge in [-0.15, -0.1) is 0 Å². The third-order valence-corrected chi connectivity index (χ3v) is 6.17. The van der Waals surface area contributed by atoms with Crippen LogP contribution in [0.25, 0.3) is 0 Å². The quantitative estimate of drug-likeness (QED) is 0.658. The van der Waals surface area contributed by atoms with E-state index in [-0.39, 0.29) is 23.3 Å². The number of halogens is 1. The molecule has 170 valence electrons. The number of nitrogens with one attached hydrogen (secondary N) is 1. The van der Waals surface area contributed by atoms with Crippen molar-refractivity contribution in [1.82, 2.24) is 10.2 Å². The van der Waals surface area contributed by atoms with Gasteiger partial charge in [-0.05, 0) is 60.6 Å². The van der Waals surface area contributed by atoms with E-state index < -0.39 is 12.0 Å². The van der Waals surface area contributed by atoms with Gasteiger partial charge in [-0.2, -0.15) is 0 Å². The van der Waals surface area contributed by atoms with Crippen LogP contribution in [0.1, 0.15) is 58.9 Å². The molecular formula is C25H29ClN2O4. The van der Waals surface area contributed by atoms with Crippen molar-refractivity contribution in [2.75, 3.05) is 20.2 Å². The summed E-state index contributed by atoms with van der Waals surface area (Å²) in [7, 11) is 1.29. The molecule has 2 amide bonds. The summed E-state index contributed by atoms with van der Waals surface area (Å²) >= 11 is 5.99. The van der Waals surface area contributed by atoms with Crippen LogP contribution in [0.2, 0.25) is 5.02 Å². The minimum absolute atomic E-state index is 0.0768. The molecule has 1 aliphatic heterocycles. The van der Waals surface area contributed by atoms with Gasteiger partial charge < -0.3 is 15.0 Å². The number of carbonyl (C=O) groups excluding carboxylic acids is 3. The first-order valence-electron chi connectivity index (χ1n) is 10.8. The Kier molecular flexibility index (Phi) is 7.91. The lowest BCUT2D eigenvalue weighted by molar-refractivity contribution is -0.135. The van der Waals surface area contributed by atoms with Crippen LogP contribution in [-0.2, 0) is 9.53 Å². The summed E-state index contributed by atoms with van der Waals surface area (Å²) in [5, 5.41) is 3.58. The highest BCUT2D eigenvalue weighted by Crippen LogP contribution is 2.29. The summed E-state index contributed by atoms with van der Waals surface area (Å²) in [5.74, 6) is -0.667. The van der Waals surface area contributed by atoms with Gasteiger partial charge in [-0.25, -0.2) is 4.79 Å². The van der Waals surface area contributed by atoms with Crippen LogP contribution >= 0.6 is 11.6 Å². The average molecular weight is 457 g/mol. The molecule has 0 bridgehead atoms. The molecule has 3 rings (SSSR count). The Bertz CT molecular complexity index is 966. The van der Waals surface area contributed by atoms with Gasteiger partial charge in [0, 0.05) is 23.7 Å². The van der Waals surface area contributed by atoms with Crippen LogP contribution in [0.3, 0.4) is 0 Å². The normalized spacial score (nSPS) is 15.3. The number of esters is 1. The van der Waals surface area contributed by atoms with E-state index in [4.69, 9.17) is 16.3 Å². The molecule has 0 aromatic heterocycles. The van der Waals surface area contributed by atoms with Gasteiger partial charge in [0.1, 0.15) is 6.04 Å². The van der Waals surface area contributed by atoms with Gasteiger partial charge in [-0.1, -0.05) is 43.6 Å². The van der Waals surface area contributed by atoms with Crippen LogP contribution in [0, 0.1) is 5.92 Å². The van der Waals surface area contributed by atoms with Crippen molar-refractivity contribution in [3.05, 3.63) is 70.2 Å². The molecule has 1 N–H and O–H groups in total. The van der Waals surface area contributed by atoms with Gasteiger partial charge in [0.15, 0.2) is 0 Å². The molecule has 6 nitrogen and oxygen atoms in total. The van der Waals surface area contributed by atoms with Crippen molar-refractivity contribution >= 4 is 29.4 Å². The van der Waals surface area contributed by atoms with Crippen LogP contribution in [0.4, 0.5) is 0 Å². The van der Waals surface area contributed by atoms with E-state index in [0.717, 1.165) is 12.8 Å². The molecule has 0 aliphatic carbocycles. The van der Waals surface area contributed by atoms with E-state index in [1.54, 1.807) is 18.2 Å². The third kappa shape index (κ3) is 5.68. The monoisotopic (exact) mass is 456 g/mol. The Morgan fingerprint density at radius 3 is 2.25 bits per heavy atom. The maximum absolute atomic E-state index is 13.2. The Hall–Kier alpha value is -2.86. The molecule has 2 aromatic carbocycles. The fraction of sp³-hybridized carbons (Fsp3) is 0.400. The number of ether oxygens (including phenoxy) is 1. The van der Waals surface area contributed by atoms with Crippen molar-refractivity contribution in [2.24, 2.45) is 5.92 Å². The van der Waals surface area contributed by atoms with E-state index in [2.05, 4.69) is 5.32 Å². The number of piperidine rings is 1. The van der Waals surface area contributed by atoms with Crippen LogP contribution < -0.4 is 5.32 Å². The highest BCUT2D eigenvalue weighted by atomic mass is 35.5. The first-order chi connectivity index (χ1) is 15.3. The molecular weight excluding hydrogens is 428 g/mol. The first-order valence-corrected chi connectivity index (χ1v) is 11.2. The zero-order valence-corrected chi connectivity index (χ0v) is 19.4. The zero-order chi connectivity index (χ0) is 23.3. The molecule has 32 heavy (non-hydrogen) atoms. The topological polar surface area (TPSA) is 75.7 Å². The number of amides is 2. The van der Waals surface area contributed by atoms with Gasteiger partial charge >= 0.3 is 5.97 Å². The van der Waals surface area contributed by atoms with Crippen molar-refractivity contribution in [3.63, 3.8) is 0 Å². The van der Waals surface area contributed by atoms with Gasteiger partial charge in [0.25, 0.3) is 5.91 Å². The molecule has 1 atom stereocenters. The summed E-state index contributed by atoms with van der Waals surface area (Å²) < 4.78 is 4.72. The lowest BCUT2D eigenvalue weighted by Crippen LogP contribution is -2.52. The summed E-state index contributed by atoms with van der Waals surface area (Å²) in [5.41, 5.74) is 1.84. The average Bonchev–Trinajstić information content (AvgIpc) is 2.82. The number of nitrogens with zero attached hydrogens (tertiary/aromatic N) is 1. The number of benzene rings is 2. The second-order valence-corrected chi connectivity index (χ2v) is 8.86. The Morgan fingerprint density at radius 2 is 1.66 bits per heavy atom. The van der Waals surface area contributed by atoms with E-state index >= 15 is 0 Å². The van der Waals surface area contributed by atoms with Gasteiger partial charge in [0.2, 0.25) is 5.91 Å². The smallest absolute Gasteiger partial charge is 0.337 e. The second kappa shape index (κ2) is 10.6. The molecule has 0 spiro atoms. The fourth-order valence-electron chi connectivity index (χ4n) is 4.01. The maximum Gasteiger partial charge on any atom is 0.337 e. The van der Waals surface area contributed by atoms with E-state index in [1.165, 1.54) is 18.7 Å². The van der Waals surface area contributed by atoms with Gasteiger partial charge in [-0.3, -0.25) is 9.59 Å². The Morgan fingerprint density at radius 1 is 1.03 bits per heavy atom. The summed E-state index contributed by atoms with van der Waals surface area (Å²) in [4.78, 5) is 39.7. The van der Waals surface area contributed by atoms with Crippen molar-refractivity contribution < 1.29 is 19.1 Å². The number of hydrogen-bond donors (Lipinski definition) is 1. The summed E-state index contributed by atoms with van der Waals surface area (Å²) in [6.45, 7) is 5.11. The molecule has 7 heteroatoms. The molecule has 0 saturated carbocycles. The number of methoxy groups -OCH3 is 1. The van der Waals surface area contributed by atoms with Crippen molar-refractivity contribution in [3.8, 4) is 0 Å². The molecule has 1 saturated heterocycles. The molecule has 0 unspecified atom stereocenters. The number of rotatable bonds is 6. The number of hydrogen-bond acceptors (Lipinski definition) is 4. The molecule has 0 radical (unpaired) electrons. The lowest BCUT2D eigenvalue weighted by atomic mass is 9.89. The van der Waals surface area contributed by atoms with E-state index in [0.29, 0.717) is 29.6 Å². The predicted molar refractivity (Wildman–Crippen MR) is 124 cm³/mol. The van der Waals surface area contributed by atoms with Crippen molar-refractivity contribution in [1.29, 1.82) is 0 Å². The highest BCUT2D eigenvalue weighted by molar-refractivity contribution is 6.30. The fourth-order valence-corrected chi connectivity index (χ4v) is 4.13. The minimum Gasteiger partial charge on any atom is -0.465 e. The van der Waals surface area contributed by atoms with Crippen LogP contribution in [0.15, 0.2) is 48.5 Å². The Labute approximate surface area is 193 Å². The molecule has 1 fully saturated rings. The van der Waals surface area contributed by atoms with Crippen LogP contribution in [-0.4, -0.2) is 48.9 Å². The molecule has 1 aliphatic rings. The van der Waals surface area contributed by atoms with E-state index in [9.17, 15) is 14.4 Å². The second-order valence-electron chi connectivity index (χ2n) is 8.42. The Balaban J connectivity index is 1.64. The third-order valence-electron chi connectivity index (χ3n) is 5.91. The van der Waals surface area contributed by atoms with Crippen LogP contribution in [0.5, 0.6) is 0 Å². The minimum atomic E-state index is -0.642. The highest BCUT2D eigenvalue weighted by Gasteiger charge is 2.32. The van der Waals surface area contributed by atoms with Gasteiger partial charge in [0.05, 0.1) is 12.7 Å². The maximum atomic E-state index is 13.2. The molecule has 1 heterocycles. The first kappa shape index (κ1) is 23.8. The summed E-state index contributed by atoms with van der Waals surface area (Å²) in [6.07, 6.45) is 1.74. The van der Waals surface area contributed by atoms with E-state index in [1.807, 2.05) is 43.0 Å². The largest absolute Gasteiger partial charge is 0.465 e. The zero-order valence-electron chi connectivity index (χ0n) is 18.6. The molecule has 2 aromatic rings. The number of likely N-dealkylation sites (tertiary alicyclic amines) is 1. The van der Waals surface area contributed by atoms with Crippen molar-refractivity contribution in [2.45, 2.75) is 38.6 Å².